The minimum Gasteiger partial charge on any atom is -0.372 e. The fourth-order valence-corrected chi connectivity index (χ4v) is 1.80. The van der Waals surface area contributed by atoms with E-state index in [0.29, 0.717) is 12.6 Å². The number of carbonyl (C=O) groups is 1. The molecule has 1 fully saturated rings. The minimum atomic E-state index is 0.107. The van der Waals surface area contributed by atoms with Crippen LogP contribution in [0.4, 0.5) is 0 Å². The van der Waals surface area contributed by atoms with Gasteiger partial charge in [0.1, 0.15) is 6.61 Å². The van der Waals surface area contributed by atoms with Crippen molar-refractivity contribution in [1.29, 1.82) is 0 Å². The van der Waals surface area contributed by atoms with Crippen LogP contribution >= 0.6 is 0 Å². The molecule has 1 aliphatic heterocycles. The molecule has 88 valence electrons. The first kappa shape index (κ1) is 12.5. The average Bonchev–Trinajstić information content (AvgIpc) is 2.29. The Balaban J connectivity index is 2.24. The average molecular weight is 214 g/mol. The third-order valence-corrected chi connectivity index (χ3v) is 2.82. The lowest BCUT2D eigenvalue weighted by Crippen LogP contribution is -2.45. The van der Waals surface area contributed by atoms with Crippen molar-refractivity contribution in [2.75, 3.05) is 33.4 Å². The smallest absolute Gasteiger partial charge is 0.248 e. The summed E-state index contributed by atoms with van der Waals surface area (Å²) >= 11 is 0. The van der Waals surface area contributed by atoms with Gasteiger partial charge in [-0.15, -0.1) is 0 Å². The molecule has 0 spiro atoms. The van der Waals surface area contributed by atoms with Gasteiger partial charge in [0.25, 0.3) is 0 Å². The van der Waals surface area contributed by atoms with Crippen LogP contribution in [0.1, 0.15) is 26.2 Å². The second-order valence-corrected chi connectivity index (χ2v) is 4.04. The summed E-state index contributed by atoms with van der Waals surface area (Å²) in [5.41, 5.74) is 0. The highest BCUT2D eigenvalue weighted by molar-refractivity contribution is 5.77. The number of nitrogens with one attached hydrogen (secondary N) is 1. The van der Waals surface area contributed by atoms with Gasteiger partial charge in [0, 0.05) is 19.7 Å². The van der Waals surface area contributed by atoms with Gasteiger partial charge in [-0.05, 0) is 32.4 Å². The highest BCUT2D eigenvalue weighted by atomic mass is 16.5. The first-order valence-electron chi connectivity index (χ1n) is 5.79. The molecule has 1 saturated heterocycles. The van der Waals surface area contributed by atoms with Crippen LogP contribution in [0.5, 0.6) is 0 Å². The first-order valence-corrected chi connectivity index (χ1v) is 5.79. The van der Waals surface area contributed by atoms with Crippen LogP contribution in [-0.4, -0.2) is 50.2 Å². The van der Waals surface area contributed by atoms with Crippen molar-refractivity contribution in [3.05, 3.63) is 0 Å². The maximum Gasteiger partial charge on any atom is 0.248 e. The van der Waals surface area contributed by atoms with E-state index < -0.39 is 0 Å². The van der Waals surface area contributed by atoms with Crippen molar-refractivity contribution >= 4 is 5.91 Å². The van der Waals surface area contributed by atoms with E-state index in [2.05, 4.69) is 5.32 Å². The van der Waals surface area contributed by atoms with Gasteiger partial charge in [0.05, 0.1) is 0 Å². The normalized spacial score (nSPS) is 17.7. The van der Waals surface area contributed by atoms with Gasteiger partial charge in [-0.2, -0.15) is 0 Å². The molecule has 1 heterocycles. The van der Waals surface area contributed by atoms with E-state index in [-0.39, 0.29) is 12.5 Å². The zero-order chi connectivity index (χ0) is 11.1. The summed E-state index contributed by atoms with van der Waals surface area (Å²) in [4.78, 5) is 13.5. The lowest BCUT2D eigenvalue weighted by Gasteiger charge is -2.31. The summed E-state index contributed by atoms with van der Waals surface area (Å²) in [6, 6.07) is 0.393. The summed E-state index contributed by atoms with van der Waals surface area (Å²) in [5, 5.41) is 3.29. The largest absolute Gasteiger partial charge is 0.372 e. The Labute approximate surface area is 92.0 Å². The van der Waals surface area contributed by atoms with Crippen molar-refractivity contribution in [3.63, 3.8) is 0 Å². The second kappa shape index (κ2) is 6.80. The molecule has 1 N–H and O–H groups in total. The maximum absolute atomic E-state index is 11.7. The molecule has 1 rings (SSSR count). The van der Waals surface area contributed by atoms with Gasteiger partial charge in [0.15, 0.2) is 0 Å². The SMILES string of the molecule is CCCOCC(=O)N(C)C1CCNCC1. The number of likely N-dealkylation sites (N-methyl/N-ethyl adjacent to an activating group) is 1. The number of carbonyl (C=O) groups excluding carboxylic acids is 1. The molecule has 1 aliphatic rings. The van der Waals surface area contributed by atoms with Crippen LogP contribution < -0.4 is 5.32 Å². The molecule has 1 amide bonds. The summed E-state index contributed by atoms with van der Waals surface area (Å²) in [6.45, 7) is 4.97. The lowest BCUT2D eigenvalue weighted by molar-refractivity contribution is -0.137. The van der Waals surface area contributed by atoms with Gasteiger partial charge in [-0.25, -0.2) is 0 Å². The zero-order valence-corrected chi connectivity index (χ0v) is 9.79. The number of rotatable bonds is 5. The molecule has 0 aromatic heterocycles. The number of piperidine rings is 1. The first-order chi connectivity index (χ1) is 7.25. The predicted molar refractivity (Wildman–Crippen MR) is 59.8 cm³/mol. The van der Waals surface area contributed by atoms with Gasteiger partial charge in [-0.3, -0.25) is 4.79 Å². The molecule has 0 radical (unpaired) electrons. The Kier molecular flexibility index (Phi) is 5.65. The van der Waals surface area contributed by atoms with Crippen molar-refractivity contribution < 1.29 is 9.53 Å². The van der Waals surface area contributed by atoms with E-state index in [1.807, 2.05) is 18.9 Å². The Morgan fingerprint density at radius 3 is 2.73 bits per heavy atom. The van der Waals surface area contributed by atoms with E-state index in [1.165, 1.54) is 0 Å². The van der Waals surface area contributed by atoms with E-state index in [1.54, 1.807) is 0 Å². The number of amides is 1. The molecule has 0 aliphatic carbocycles. The van der Waals surface area contributed by atoms with Crippen LogP contribution in [0, 0.1) is 0 Å². The highest BCUT2D eigenvalue weighted by Gasteiger charge is 2.21. The Morgan fingerprint density at radius 2 is 2.13 bits per heavy atom. The highest BCUT2D eigenvalue weighted by Crippen LogP contribution is 2.09. The third kappa shape index (κ3) is 4.18. The Bertz CT molecular complexity index is 191. The van der Waals surface area contributed by atoms with E-state index in [0.717, 1.165) is 32.4 Å². The number of hydrogen-bond donors (Lipinski definition) is 1. The summed E-state index contributed by atoms with van der Waals surface area (Å²) in [5.74, 6) is 0.107. The molecule has 4 nitrogen and oxygen atoms in total. The third-order valence-electron chi connectivity index (χ3n) is 2.82. The van der Waals surface area contributed by atoms with E-state index in [4.69, 9.17) is 4.74 Å². The summed E-state index contributed by atoms with van der Waals surface area (Å²) in [6.07, 6.45) is 3.07. The van der Waals surface area contributed by atoms with E-state index >= 15 is 0 Å². The molecule has 0 saturated carbocycles. The van der Waals surface area contributed by atoms with Crippen molar-refractivity contribution in [2.45, 2.75) is 32.2 Å². The topological polar surface area (TPSA) is 41.6 Å². The van der Waals surface area contributed by atoms with Gasteiger partial charge >= 0.3 is 0 Å². The molecule has 0 bridgehead atoms. The van der Waals surface area contributed by atoms with Crippen molar-refractivity contribution in [2.24, 2.45) is 0 Å². The molecule has 4 heteroatoms. The van der Waals surface area contributed by atoms with Gasteiger partial charge < -0.3 is 15.0 Å². The Hall–Kier alpha value is -0.610. The van der Waals surface area contributed by atoms with Gasteiger partial charge in [0.2, 0.25) is 5.91 Å². The number of ether oxygens (including phenoxy) is 1. The molecular weight excluding hydrogens is 192 g/mol. The minimum absolute atomic E-state index is 0.107. The number of nitrogens with zero attached hydrogens (tertiary/aromatic N) is 1. The second-order valence-electron chi connectivity index (χ2n) is 4.04. The monoisotopic (exact) mass is 214 g/mol. The van der Waals surface area contributed by atoms with Crippen LogP contribution in [0.2, 0.25) is 0 Å². The molecule has 0 unspecified atom stereocenters. The fraction of sp³-hybridized carbons (Fsp3) is 0.909. The molecule has 0 aromatic rings. The summed E-state index contributed by atoms with van der Waals surface area (Å²) in [7, 11) is 1.88. The van der Waals surface area contributed by atoms with Crippen LogP contribution in [-0.2, 0) is 9.53 Å². The van der Waals surface area contributed by atoms with Crippen LogP contribution in [0.15, 0.2) is 0 Å². The molecule has 0 atom stereocenters. The quantitative estimate of drug-likeness (QED) is 0.682. The lowest BCUT2D eigenvalue weighted by atomic mass is 10.1. The molecule has 15 heavy (non-hydrogen) atoms. The fourth-order valence-electron chi connectivity index (χ4n) is 1.80. The Morgan fingerprint density at radius 1 is 1.47 bits per heavy atom. The molecular formula is C11H22N2O2. The maximum atomic E-state index is 11.7. The van der Waals surface area contributed by atoms with Crippen molar-refractivity contribution in [1.82, 2.24) is 10.2 Å². The van der Waals surface area contributed by atoms with Crippen LogP contribution in [0.3, 0.4) is 0 Å². The van der Waals surface area contributed by atoms with E-state index in [9.17, 15) is 4.79 Å². The zero-order valence-electron chi connectivity index (χ0n) is 9.79. The standard InChI is InChI=1S/C11H22N2O2/c1-3-8-15-9-11(14)13(2)10-4-6-12-7-5-10/h10,12H,3-9H2,1-2H3. The molecule has 0 aromatic carbocycles. The van der Waals surface area contributed by atoms with Gasteiger partial charge in [-0.1, -0.05) is 6.92 Å². The predicted octanol–water partition coefficient (Wildman–Crippen LogP) is 0.623. The number of hydrogen-bond acceptors (Lipinski definition) is 3. The summed E-state index contributed by atoms with van der Waals surface area (Å²) < 4.78 is 5.25. The van der Waals surface area contributed by atoms with Crippen molar-refractivity contribution in [3.8, 4) is 0 Å². The van der Waals surface area contributed by atoms with Crippen LogP contribution in [0.25, 0.3) is 0 Å².